The summed E-state index contributed by atoms with van der Waals surface area (Å²) in [4.78, 5) is 0. The smallest absolute Gasteiger partial charge is 1.00 e. The minimum atomic E-state index is -0.321. The zero-order valence-electron chi connectivity index (χ0n) is 15.8. The summed E-state index contributed by atoms with van der Waals surface area (Å²) < 4.78 is 0. The van der Waals surface area contributed by atoms with E-state index < -0.39 is 0 Å². The molecule has 2 aliphatic rings. The summed E-state index contributed by atoms with van der Waals surface area (Å²) in [5.41, 5.74) is 3.76. The van der Waals surface area contributed by atoms with Crippen LogP contribution in [0.3, 0.4) is 0 Å². The molecule has 1 aromatic rings. The van der Waals surface area contributed by atoms with Gasteiger partial charge in [-0.05, 0) is 21.8 Å². The second-order valence-corrected chi connectivity index (χ2v) is 10.7. The van der Waals surface area contributed by atoms with Crippen molar-refractivity contribution < 1.29 is 51.0 Å². The van der Waals surface area contributed by atoms with Gasteiger partial charge in [0.1, 0.15) is 0 Å². The third-order valence-electron chi connectivity index (χ3n) is 4.42. The topological polar surface area (TPSA) is 0 Å². The molecule has 0 amide bonds. The molecule has 0 N–H and O–H groups in total. The van der Waals surface area contributed by atoms with Crippen molar-refractivity contribution in [3.63, 3.8) is 0 Å². The van der Waals surface area contributed by atoms with Crippen LogP contribution in [0.15, 0.2) is 58.9 Å². The van der Waals surface area contributed by atoms with Crippen molar-refractivity contribution >= 4 is 13.2 Å². The first kappa shape index (κ1) is 25.3. The van der Waals surface area contributed by atoms with E-state index in [1.807, 2.05) is 0 Å². The van der Waals surface area contributed by atoms with E-state index in [0.29, 0.717) is 5.66 Å². The second kappa shape index (κ2) is 9.02. The van der Waals surface area contributed by atoms with Gasteiger partial charge in [-0.15, -0.1) is 23.0 Å². The first-order valence-electron chi connectivity index (χ1n) is 8.10. The van der Waals surface area contributed by atoms with Crippen molar-refractivity contribution in [3.05, 3.63) is 65.0 Å². The Kier molecular flexibility index (Phi) is 9.14. The van der Waals surface area contributed by atoms with Crippen molar-refractivity contribution in [1.29, 1.82) is 0 Å². The van der Waals surface area contributed by atoms with Crippen LogP contribution in [0.5, 0.6) is 0 Å². The van der Waals surface area contributed by atoms with Crippen molar-refractivity contribution in [3.8, 4) is 0 Å². The molecule has 0 aromatic heterocycles. The molecule has 1 aromatic carbocycles. The molecule has 4 heteroatoms. The summed E-state index contributed by atoms with van der Waals surface area (Å²) in [5.74, 6) is 0. The average Bonchev–Trinajstić information content (AvgIpc) is 2.95. The third-order valence-corrected chi connectivity index (χ3v) is 7.64. The molecule has 1 radical (unpaired) electrons. The van der Waals surface area contributed by atoms with E-state index in [4.69, 9.17) is 0 Å². The van der Waals surface area contributed by atoms with Gasteiger partial charge >= 0.3 is 26.2 Å². The molecule has 0 fully saturated rings. The van der Waals surface area contributed by atoms with Crippen molar-refractivity contribution in [2.24, 2.45) is 10.8 Å². The van der Waals surface area contributed by atoms with Crippen LogP contribution in [0, 0.1) is 16.9 Å². The first-order chi connectivity index (χ1) is 10.2. The van der Waals surface area contributed by atoms with Gasteiger partial charge in [-0.2, -0.15) is 11.6 Å². The SMILES string of the molecule is CC(C)(C)C1=[C-]C2=CC(C(C)(C)C)P(c3ccccc3)C2=C1.[Cl-].[Cl-].[Zr+3]. The van der Waals surface area contributed by atoms with Crippen molar-refractivity contribution in [2.45, 2.75) is 47.2 Å². The number of hydrogen-bond acceptors (Lipinski definition) is 0. The monoisotopic (exact) mass is 469 g/mol. The van der Waals surface area contributed by atoms with Gasteiger partial charge < -0.3 is 24.8 Å². The predicted molar refractivity (Wildman–Crippen MR) is 98.6 cm³/mol. The Labute approximate surface area is 186 Å². The third kappa shape index (κ3) is 5.20. The molecule has 2 unspecified atom stereocenters. The molecule has 3 rings (SSSR count). The van der Waals surface area contributed by atoms with Gasteiger partial charge in [-0.25, -0.2) is 0 Å². The molecular weight excluding hydrogens is 445 g/mol. The van der Waals surface area contributed by atoms with Crippen molar-refractivity contribution in [2.75, 3.05) is 0 Å². The van der Waals surface area contributed by atoms with Gasteiger partial charge in [-0.1, -0.05) is 79.8 Å². The minimum absolute atomic E-state index is 0. The first-order valence-corrected chi connectivity index (χ1v) is 9.51. The molecular formula is C21H26Cl2PZr. The van der Waals surface area contributed by atoms with Gasteiger partial charge in [0.05, 0.1) is 0 Å². The molecule has 1 heterocycles. The van der Waals surface area contributed by atoms with Gasteiger partial charge in [0, 0.05) is 0 Å². The fourth-order valence-corrected chi connectivity index (χ4v) is 6.22. The minimum Gasteiger partial charge on any atom is -1.00 e. The Morgan fingerprint density at radius 2 is 1.48 bits per heavy atom. The molecule has 0 saturated carbocycles. The van der Waals surface area contributed by atoms with Gasteiger partial charge in [0.2, 0.25) is 0 Å². The van der Waals surface area contributed by atoms with Crippen LogP contribution < -0.4 is 30.1 Å². The predicted octanol–water partition coefficient (Wildman–Crippen LogP) is -0.173. The van der Waals surface area contributed by atoms with Gasteiger partial charge in [0.25, 0.3) is 0 Å². The Bertz CT molecular complexity index is 676. The number of rotatable bonds is 1. The fraction of sp³-hybridized carbons (Fsp3) is 0.429. The Morgan fingerprint density at radius 1 is 0.920 bits per heavy atom. The van der Waals surface area contributed by atoms with Crippen LogP contribution in [0.1, 0.15) is 41.5 Å². The fourth-order valence-electron chi connectivity index (χ4n) is 3.10. The normalized spacial score (nSPS) is 21.8. The summed E-state index contributed by atoms with van der Waals surface area (Å²) in [6.07, 6.45) is 8.61. The van der Waals surface area contributed by atoms with Crippen molar-refractivity contribution in [1.82, 2.24) is 0 Å². The van der Waals surface area contributed by atoms with Crippen LogP contribution in [-0.4, -0.2) is 5.66 Å². The maximum absolute atomic E-state index is 3.70. The van der Waals surface area contributed by atoms with Gasteiger partial charge in [0.15, 0.2) is 0 Å². The second-order valence-electron chi connectivity index (χ2n) is 8.42. The molecule has 25 heavy (non-hydrogen) atoms. The Balaban J connectivity index is 0.00000192. The quantitative estimate of drug-likeness (QED) is 0.394. The molecule has 0 bridgehead atoms. The molecule has 1 aliphatic carbocycles. The zero-order valence-corrected chi connectivity index (χ0v) is 20.7. The zero-order chi connectivity index (χ0) is 16.1. The van der Waals surface area contributed by atoms with E-state index in [1.54, 1.807) is 0 Å². The molecule has 0 spiro atoms. The van der Waals surface area contributed by atoms with Crippen LogP contribution in [-0.2, 0) is 26.2 Å². The average molecular weight is 472 g/mol. The van der Waals surface area contributed by atoms with Crippen LogP contribution in [0.2, 0.25) is 0 Å². The maximum atomic E-state index is 3.70. The van der Waals surface area contributed by atoms with E-state index in [0.717, 1.165) is 0 Å². The summed E-state index contributed by atoms with van der Waals surface area (Å²) in [5, 5.41) is 3.03. The molecule has 0 saturated heterocycles. The Morgan fingerprint density at radius 3 is 1.96 bits per heavy atom. The maximum Gasteiger partial charge on any atom is 3.00 e. The largest absolute Gasteiger partial charge is 3.00 e. The number of hydrogen-bond donors (Lipinski definition) is 0. The molecule has 1 aliphatic heterocycles. The molecule has 2 atom stereocenters. The van der Waals surface area contributed by atoms with Gasteiger partial charge in [-0.3, -0.25) is 0 Å². The standard InChI is InChI=1S/C21H26P.2ClH.Zr/c1-20(2,3)16-12-15-13-19(21(4,5)6)22(18(15)14-16)17-10-8-7-9-11-17;;;/h7-11,13-14,19H,1-6H3;2*1H;/q-1;;;+3/p-2. The van der Waals surface area contributed by atoms with E-state index in [2.05, 4.69) is 90.1 Å². The van der Waals surface area contributed by atoms with Crippen LogP contribution in [0.25, 0.3) is 0 Å². The van der Waals surface area contributed by atoms with E-state index in [9.17, 15) is 0 Å². The van der Waals surface area contributed by atoms with Crippen LogP contribution >= 0.6 is 7.92 Å². The number of allylic oxidation sites excluding steroid dienone is 6. The molecule has 133 valence electrons. The number of benzene rings is 1. The van der Waals surface area contributed by atoms with Crippen LogP contribution in [0.4, 0.5) is 0 Å². The van der Waals surface area contributed by atoms with E-state index in [1.165, 1.54) is 21.8 Å². The Hall–Kier alpha value is 0.333. The summed E-state index contributed by atoms with van der Waals surface area (Å²) in [6.45, 7) is 13.9. The van der Waals surface area contributed by atoms with E-state index in [-0.39, 0.29) is 69.8 Å². The summed E-state index contributed by atoms with van der Waals surface area (Å²) >= 11 is 0. The number of fused-ring (bicyclic) bond motifs is 1. The number of halogens is 2. The van der Waals surface area contributed by atoms with E-state index >= 15 is 0 Å². The summed E-state index contributed by atoms with van der Waals surface area (Å²) in [6, 6.07) is 11.1. The molecule has 0 nitrogen and oxygen atoms in total. The summed E-state index contributed by atoms with van der Waals surface area (Å²) in [7, 11) is -0.321.